The lowest BCUT2D eigenvalue weighted by Crippen LogP contribution is -2.41. The Kier molecular flexibility index (Phi) is 6.65. The summed E-state index contributed by atoms with van der Waals surface area (Å²) in [5, 5.41) is 11.1. The second-order valence-electron chi connectivity index (χ2n) is 9.90. The summed E-state index contributed by atoms with van der Waals surface area (Å²) in [6.45, 7) is 3.61. The van der Waals surface area contributed by atoms with E-state index in [4.69, 9.17) is 9.84 Å². The molecule has 1 fully saturated rings. The molecular weight excluding hydrogens is 468 g/mol. The van der Waals surface area contributed by atoms with Gasteiger partial charge in [0.15, 0.2) is 0 Å². The highest BCUT2D eigenvalue weighted by atomic mass is 16.5. The summed E-state index contributed by atoms with van der Waals surface area (Å²) in [6, 6.07) is 20.2. The number of rotatable bonds is 7. The highest BCUT2D eigenvalue weighted by Crippen LogP contribution is 2.34. The van der Waals surface area contributed by atoms with Gasteiger partial charge in [0.25, 0.3) is 11.8 Å². The maximum Gasteiger partial charge on any atom is 0.325 e. The lowest BCUT2D eigenvalue weighted by Gasteiger charge is -2.24. The van der Waals surface area contributed by atoms with Crippen LogP contribution in [-0.2, 0) is 9.59 Å². The van der Waals surface area contributed by atoms with Crippen molar-refractivity contribution in [3.8, 4) is 5.75 Å². The van der Waals surface area contributed by atoms with Gasteiger partial charge in [-0.25, -0.2) is 9.80 Å². The molecule has 1 saturated heterocycles. The number of ether oxygens (including phenoxy) is 1. The molecule has 0 aliphatic carbocycles. The summed E-state index contributed by atoms with van der Waals surface area (Å²) in [5.74, 6) is 0.166. The number of urea groups is 1. The Morgan fingerprint density at radius 1 is 1.05 bits per heavy atom. The van der Waals surface area contributed by atoms with E-state index in [2.05, 4.69) is 17.4 Å². The minimum absolute atomic E-state index is 0.233. The molecule has 0 saturated carbocycles. The van der Waals surface area contributed by atoms with Crippen LogP contribution in [0.4, 0.5) is 4.79 Å². The van der Waals surface area contributed by atoms with Crippen molar-refractivity contribution in [3.05, 3.63) is 77.9 Å². The van der Waals surface area contributed by atoms with Crippen LogP contribution < -0.4 is 10.1 Å². The van der Waals surface area contributed by atoms with Crippen molar-refractivity contribution in [3.63, 3.8) is 0 Å². The van der Waals surface area contributed by atoms with E-state index < -0.39 is 18.0 Å². The number of amides is 4. The number of imide groups is 1. The molecule has 1 N–H and O–H groups in total. The van der Waals surface area contributed by atoms with E-state index >= 15 is 0 Å². The normalized spacial score (nSPS) is 19.5. The molecule has 8 nitrogen and oxygen atoms in total. The first-order chi connectivity index (χ1) is 17.8. The zero-order valence-corrected chi connectivity index (χ0v) is 21.2. The van der Waals surface area contributed by atoms with E-state index in [0.717, 1.165) is 32.5 Å². The van der Waals surface area contributed by atoms with Crippen LogP contribution in [0.25, 0.3) is 10.8 Å². The molecule has 8 heteroatoms. The first-order valence-corrected chi connectivity index (χ1v) is 12.5. The van der Waals surface area contributed by atoms with Crippen molar-refractivity contribution in [2.24, 2.45) is 11.0 Å². The van der Waals surface area contributed by atoms with E-state index in [1.54, 1.807) is 7.11 Å². The molecular formula is C29H30N4O4. The first-order valence-electron chi connectivity index (χ1n) is 12.5. The summed E-state index contributed by atoms with van der Waals surface area (Å²) < 4.78 is 5.29. The monoisotopic (exact) mass is 498 g/mol. The number of carbonyl (C=O) groups excluding carboxylic acids is 3. The van der Waals surface area contributed by atoms with Crippen LogP contribution in [0.1, 0.15) is 43.9 Å². The van der Waals surface area contributed by atoms with Crippen LogP contribution in [0.15, 0.2) is 71.8 Å². The summed E-state index contributed by atoms with van der Waals surface area (Å²) >= 11 is 0. The molecule has 2 aliphatic rings. The van der Waals surface area contributed by atoms with Crippen LogP contribution in [0.3, 0.4) is 0 Å². The zero-order valence-electron chi connectivity index (χ0n) is 21.2. The van der Waals surface area contributed by atoms with Gasteiger partial charge >= 0.3 is 6.03 Å². The Bertz CT molecular complexity index is 1380. The molecule has 4 amide bonds. The fourth-order valence-corrected chi connectivity index (χ4v) is 4.93. The number of hydrogen-bond donors (Lipinski definition) is 1. The number of carbonyl (C=O) groups is 3. The summed E-state index contributed by atoms with van der Waals surface area (Å²) in [5.41, 5.74) is 2.60. The van der Waals surface area contributed by atoms with Gasteiger partial charge in [-0.1, -0.05) is 62.4 Å². The molecule has 3 aromatic rings. The van der Waals surface area contributed by atoms with Crippen molar-refractivity contribution < 1.29 is 19.1 Å². The largest absolute Gasteiger partial charge is 0.497 e. The minimum Gasteiger partial charge on any atom is -0.497 e. The van der Waals surface area contributed by atoms with Gasteiger partial charge in [0.1, 0.15) is 18.3 Å². The molecule has 2 heterocycles. The smallest absolute Gasteiger partial charge is 0.325 e. The van der Waals surface area contributed by atoms with Gasteiger partial charge in [-0.05, 0) is 52.4 Å². The second-order valence-corrected chi connectivity index (χ2v) is 9.90. The van der Waals surface area contributed by atoms with Crippen molar-refractivity contribution in [1.29, 1.82) is 0 Å². The zero-order chi connectivity index (χ0) is 26.1. The molecule has 0 spiro atoms. The molecule has 2 aliphatic heterocycles. The van der Waals surface area contributed by atoms with Crippen LogP contribution in [-0.4, -0.2) is 53.2 Å². The molecule has 3 aromatic carbocycles. The quantitative estimate of drug-likeness (QED) is 0.486. The standard InChI is InChI=1S/C29H30N4O4/c1-18(2)14-25-28(35)32(29(36)30-25)17-27(34)33-26(20-10-12-23(37-3)13-11-20)16-24(31-33)22-9-8-19-6-4-5-7-21(19)15-22/h4-13,15,18,25-26H,14,16-17H2,1-3H3,(H,30,36). The van der Waals surface area contributed by atoms with Crippen molar-refractivity contribution >= 4 is 34.3 Å². The molecule has 37 heavy (non-hydrogen) atoms. The van der Waals surface area contributed by atoms with E-state index in [9.17, 15) is 14.4 Å². The molecule has 5 rings (SSSR count). The Balaban J connectivity index is 1.44. The number of nitrogens with one attached hydrogen (secondary N) is 1. The topological polar surface area (TPSA) is 91.3 Å². The number of hydrogen-bond acceptors (Lipinski definition) is 5. The average Bonchev–Trinajstić information content (AvgIpc) is 3.45. The Morgan fingerprint density at radius 3 is 2.49 bits per heavy atom. The summed E-state index contributed by atoms with van der Waals surface area (Å²) in [4.78, 5) is 39.9. The Morgan fingerprint density at radius 2 is 1.78 bits per heavy atom. The van der Waals surface area contributed by atoms with E-state index in [-0.39, 0.29) is 24.4 Å². The highest BCUT2D eigenvalue weighted by Gasteiger charge is 2.41. The van der Waals surface area contributed by atoms with Gasteiger partial charge in [-0.3, -0.25) is 14.5 Å². The van der Waals surface area contributed by atoms with Crippen LogP contribution in [0.5, 0.6) is 5.75 Å². The van der Waals surface area contributed by atoms with Crippen molar-refractivity contribution in [1.82, 2.24) is 15.2 Å². The molecule has 2 atom stereocenters. The third-order valence-electron chi connectivity index (χ3n) is 6.86. The molecule has 2 unspecified atom stereocenters. The van der Waals surface area contributed by atoms with Gasteiger partial charge in [0, 0.05) is 6.42 Å². The molecule has 0 aromatic heterocycles. The number of fused-ring (bicyclic) bond motifs is 1. The van der Waals surface area contributed by atoms with Crippen LogP contribution in [0.2, 0.25) is 0 Å². The minimum atomic E-state index is -0.604. The van der Waals surface area contributed by atoms with Gasteiger partial charge in [-0.15, -0.1) is 0 Å². The van der Waals surface area contributed by atoms with Gasteiger partial charge < -0.3 is 10.1 Å². The third-order valence-corrected chi connectivity index (χ3v) is 6.86. The molecule has 0 radical (unpaired) electrons. The number of hydrazone groups is 1. The predicted octanol–water partition coefficient (Wildman–Crippen LogP) is 4.49. The number of methoxy groups -OCH3 is 1. The lowest BCUT2D eigenvalue weighted by molar-refractivity contribution is -0.138. The first kappa shape index (κ1) is 24.5. The van der Waals surface area contributed by atoms with E-state index in [0.29, 0.717) is 18.6 Å². The van der Waals surface area contributed by atoms with E-state index in [1.807, 2.05) is 68.4 Å². The van der Waals surface area contributed by atoms with Gasteiger partial charge in [0.05, 0.1) is 18.9 Å². The fraction of sp³-hybridized carbons (Fsp3) is 0.310. The van der Waals surface area contributed by atoms with Crippen LogP contribution in [0, 0.1) is 5.92 Å². The summed E-state index contributed by atoms with van der Waals surface area (Å²) in [7, 11) is 1.60. The molecule has 0 bridgehead atoms. The fourth-order valence-electron chi connectivity index (χ4n) is 4.93. The third kappa shape index (κ3) is 4.91. The van der Waals surface area contributed by atoms with Crippen LogP contribution >= 0.6 is 0 Å². The number of nitrogens with zero attached hydrogens (tertiary/aromatic N) is 3. The maximum atomic E-state index is 13.5. The SMILES string of the molecule is COc1ccc(C2CC(c3ccc4ccccc4c3)=NN2C(=O)CN2C(=O)NC(CC(C)C)C2=O)cc1. The van der Waals surface area contributed by atoms with E-state index in [1.165, 1.54) is 5.01 Å². The van der Waals surface area contributed by atoms with Crippen molar-refractivity contribution in [2.75, 3.05) is 13.7 Å². The highest BCUT2D eigenvalue weighted by molar-refractivity contribution is 6.08. The average molecular weight is 499 g/mol. The second kappa shape index (κ2) is 10.0. The Labute approximate surface area is 215 Å². The maximum absolute atomic E-state index is 13.5. The van der Waals surface area contributed by atoms with Gasteiger partial charge in [-0.2, -0.15) is 5.10 Å². The summed E-state index contributed by atoms with van der Waals surface area (Å²) in [6.07, 6.45) is 1.03. The van der Waals surface area contributed by atoms with Gasteiger partial charge in [0.2, 0.25) is 0 Å². The molecule has 190 valence electrons. The predicted molar refractivity (Wildman–Crippen MR) is 141 cm³/mol. The number of benzene rings is 3. The van der Waals surface area contributed by atoms with Crippen molar-refractivity contribution in [2.45, 2.75) is 38.8 Å². The Hall–Kier alpha value is -4.20. The lowest BCUT2D eigenvalue weighted by atomic mass is 9.97.